The van der Waals surface area contributed by atoms with Crippen LogP contribution in [0.15, 0.2) is 29.8 Å². The number of aryl methyl sites for hydroxylation is 1. The summed E-state index contributed by atoms with van der Waals surface area (Å²) >= 11 is 1.58. The second kappa shape index (κ2) is 27.3. The maximum atomic E-state index is 13.9. The molecule has 0 unspecified atom stereocenters. The number of amides is 3. The predicted molar refractivity (Wildman–Crippen MR) is 224 cm³/mol. The van der Waals surface area contributed by atoms with Gasteiger partial charge in [0, 0.05) is 58.7 Å². The van der Waals surface area contributed by atoms with Gasteiger partial charge in [0.15, 0.2) is 0 Å². The van der Waals surface area contributed by atoms with Crippen molar-refractivity contribution in [1.82, 2.24) is 30.7 Å². The molecule has 2 fully saturated rings. The third-order valence-electron chi connectivity index (χ3n) is 9.43. The monoisotopic (exact) mass is 862 g/mol. The molecule has 3 amide bonds. The Morgan fingerprint density at radius 2 is 1.46 bits per heavy atom. The van der Waals surface area contributed by atoms with Gasteiger partial charge in [-0.15, -0.1) is 36.2 Å². The number of ether oxygens (including phenoxy) is 5. The van der Waals surface area contributed by atoms with Crippen molar-refractivity contribution < 1.29 is 43.2 Å². The number of nitrogens with zero attached hydrogens (tertiary/aromatic N) is 3. The second-order valence-corrected chi connectivity index (χ2v) is 15.7. The van der Waals surface area contributed by atoms with Crippen molar-refractivity contribution in [1.29, 1.82) is 0 Å². The van der Waals surface area contributed by atoms with Crippen LogP contribution < -0.4 is 16.0 Å². The largest absolute Gasteiger partial charge is 0.391 e. The number of likely N-dealkylation sites (tertiary alicyclic amines) is 1. The van der Waals surface area contributed by atoms with E-state index in [4.69, 9.17) is 23.7 Å². The highest BCUT2D eigenvalue weighted by Crippen LogP contribution is 2.28. The molecule has 3 atom stereocenters. The number of benzene rings is 1. The molecule has 4 N–H and O–H groups in total. The van der Waals surface area contributed by atoms with Crippen LogP contribution in [0.3, 0.4) is 0 Å². The van der Waals surface area contributed by atoms with Crippen LogP contribution in [0.1, 0.15) is 44.9 Å². The molecule has 2 aromatic rings. The molecule has 2 saturated heterocycles. The van der Waals surface area contributed by atoms with Crippen LogP contribution in [0.25, 0.3) is 10.4 Å². The highest BCUT2D eigenvalue weighted by Gasteiger charge is 2.44. The summed E-state index contributed by atoms with van der Waals surface area (Å²) in [6.45, 7) is 17.5. The Morgan fingerprint density at radius 1 is 0.895 bits per heavy atom. The number of thiazole rings is 1. The van der Waals surface area contributed by atoms with Gasteiger partial charge >= 0.3 is 0 Å². The molecule has 2 aliphatic rings. The van der Waals surface area contributed by atoms with Crippen LogP contribution in [0.2, 0.25) is 0 Å². The predicted octanol–water partition coefficient (Wildman–Crippen LogP) is 2.45. The highest BCUT2D eigenvalue weighted by molar-refractivity contribution is 7.13. The summed E-state index contributed by atoms with van der Waals surface area (Å²) in [6, 6.07) is 6.14. The topological polar surface area (TPSA) is 173 Å². The Labute approximate surface area is 354 Å². The van der Waals surface area contributed by atoms with Gasteiger partial charge in [0.05, 0.1) is 88.3 Å². The first-order valence-electron chi connectivity index (χ1n) is 19.4. The van der Waals surface area contributed by atoms with Crippen molar-refractivity contribution in [2.24, 2.45) is 5.41 Å². The number of aliphatic hydroxyl groups is 1. The molecule has 18 heteroatoms. The van der Waals surface area contributed by atoms with Crippen LogP contribution >= 0.6 is 36.2 Å². The molecular weight excluding hydrogens is 799 g/mol. The number of nitrogens with one attached hydrogen (secondary N) is 3. The molecule has 15 nitrogen and oxygen atoms in total. The zero-order valence-corrected chi connectivity index (χ0v) is 36.3. The van der Waals surface area contributed by atoms with E-state index in [0.29, 0.717) is 59.5 Å². The van der Waals surface area contributed by atoms with Gasteiger partial charge in [-0.3, -0.25) is 19.3 Å². The van der Waals surface area contributed by atoms with Crippen LogP contribution in [0.4, 0.5) is 0 Å². The normalized spacial score (nSPS) is 17.7. The van der Waals surface area contributed by atoms with Gasteiger partial charge in [-0.25, -0.2) is 4.98 Å². The average Bonchev–Trinajstić information content (AvgIpc) is 3.79. The SMILES string of the molecule is Cc1ncsc1-c1ccc(CNC(=O)[C@@H]2C[C@@H](O)CN2C(=O)[C@@H](NC(=O)CCOCCOCCOCCOCCOCCN2CCNCC2)C(C)(C)C)cc1.Cl.Cl. The van der Waals surface area contributed by atoms with Crippen LogP contribution in [-0.4, -0.2) is 161 Å². The summed E-state index contributed by atoms with van der Waals surface area (Å²) in [5, 5.41) is 19.6. The van der Waals surface area contributed by atoms with Gasteiger partial charge in [0.2, 0.25) is 17.7 Å². The van der Waals surface area contributed by atoms with Gasteiger partial charge in [0.1, 0.15) is 12.1 Å². The number of hydrogen-bond donors (Lipinski definition) is 4. The number of rotatable bonds is 24. The minimum absolute atomic E-state index is 0. The van der Waals surface area contributed by atoms with Crippen molar-refractivity contribution in [3.63, 3.8) is 0 Å². The Bertz CT molecular complexity index is 1450. The summed E-state index contributed by atoms with van der Waals surface area (Å²) in [4.78, 5) is 49.3. The lowest BCUT2D eigenvalue weighted by Crippen LogP contribution is -2.57. The zero-order valence-electron chi connectivity index (χ0n) is 33.8. The zero-order chi connectivity index (χ0) is 39.5. The smallest absolute Gasteiger partial charge is 0.246 e. The molecule has 0 bridgehead atoms. The summed E-state index contributed by atoms with van der Waals surface area (Å²) in [5.41, 5.74) is 4.11. The van der Waals surface area contributed by atoms with E-state index in [-0.39, 0.29) is 69.2 Å². The molecule has 0 aliphatic carbocycles. The molecule has 4 rings (SSSR count). The summed E-state index contributed by atoms with van der Waals surface area (Å²) in [5.74, 6) is -1.10. The summed E-state index contributed by atoms with van der Waals surface area (Å²) in [7, 11) is 0. The highest BCUT2D eigenvalue weighted by atomic mass is 35.5. The van der Waals surface area contributed by atoms with Crippen LogP contribution in [0.5, 0.6) is 0 Å². The van der Waals surface area contributed by atoms with E-state index in [9.17, 15) is 19.5 Å². The van der Waals surface area contributed by atoms with E-state index in [1.807, 2.05) is 57.5 Å². The number of carbonyl (C=O) groups excluding carboxylic acids is 3. The number of aromatic nitrogens is 1. The van der Waals surface area contributed by atoms with Crippen LogP contribution in [0, 0.1) is 12.3 Å². The number of halogens is 2. The fraction of sp³-hybridized carbons (Fsp3) is 0.692. The van der Waals surface area contributed by atoms with Crippen molar-refractivity contribution >= 4 is 53.9 Å². The molecule has 0 radical (unpaired) electrons. The number of β-amino-alcohol motifs (C(OH)–C–C–N with tert-alkyl or cyclic N) is 1. The molecule has 57 heavy (non-hydrogen) atoms. The Kier molecular flexibility index (Phi) is 24.3. The minimum atomic E-state index is -0.905. The molecule has 324 valence electrons. The summed E-state index contributed by atoms with van der Waals surface area (Å²) < 4.78 is 27.8. The molecule has 1 aromatic heterocycles. The van der Waals surface area contributed by atoms with E-state index >= 15 is 0 Å². The van der Waals surface area contributed by atoms with E-state index < -0.39 is 29.5 Å². The van der Waals surface area contributed by atoms with E-state index in [1.165, 1.54) is 4.90 Å². The standard InChI is InChI=1S/C39H62N6O9S.2ClH/c1-29-35(55-28-42-29)31-7-5-30(6-8-31)26-41-37(48)33-25-32(46)27-45(33)38(49)36(39(2,3)4)43-34(47)9-15-50-17-19-52-21-23-54-24-22-53-20-18-51-16-14-44-12-10-40-11-13-44;;/h5-8,28,32-33,36,40,46H,9-27H2,1-4H3,(H,41,48)(H,43,47);2*1H/t32-,33+,36-;;/m1../s1. The Morgan fingerprint density at radius 3 is 2.00 bits per heavy atom. The number of aliphatic hydroxyl groups excluding tert-OH is 1. The third kappa shape index (κ3) is 18.1. The van der Waals surface area contributed by atoms with E-state index in [1.54, 1.807) is 11.3 Å². The molecule has 2 aliphatic heterocycles. The molecule has 3 heterocycles. The van der Waals surface area contributed by atoms with Crippen molar-refractivity contribution in [2.45, 2.75) is 65.3 Å². The van der Waals surface area contributed by atoms with Crippen molar-refractivity contribution in [2.75, 3.05) is 105 Å². The number of hydrogen-bond acceptors (Lipinski definition) is 13. The molecule has 0 spiro atoms. The number of carbonyl (C=O) groups is 3. The first-order valence-corrected chi connectivity index (χ1v) is 20.3. The van der Waals surface area contributed by atoms with Gasteiger partial charge in [-0.1, -0.05) is 45.0 Å². The average molecular weight is 864 g/mol. The lowest BCUT2D eigenvalue weighted by molar-refractivity contribution is -0.144. The fourth-order valence-electron chi connectivity index (χ4n) is 6.29. The maximum absolute atomic E-state index is 13.9. The van der Waals surface area contributed by atoms with Gasteiger partial charge in [-0.05, 0) is 23.5 Å². The quantitative estimate of drug-likeness (QED) is 0.114. The maximum Gasteiger partial charge on any atom is 0.246 e. The lowest BCUT2D eigenvalue weighted by atomic mass is 9.85. The van der Waals surface area contributed by atoms with Crippen molar-refractivity contribution in [3.8, 4) is 10.4 Å². The molecule has 1 aromatic carbocycles. The van der Waals surface area contributed by atoms with Gasteiger partial charge in [0.25, 0.3) is 0 Å². The van der Waals surface area contributed by atoms with Gasteiger partial charge in [-0.2, -0.15) is 0 Å². The van der Waals surface area contributed by atoms with Gasteiger partial charge < -0.3 is 49.6 Å². The first kappa shape index (κ1) is 50.7. The van der Waals surface area contributed by atoms with Crippen LogP contribution in [-0.2, 0) is 44.6 Å². The first-order chi connectivity index (χ1) is 26.5. The summed E-state index contributed by atoms with van der Waals surface area (Å²) in [6.07, 6.45) is -0.670. The fourth-order valence-corrected chi connectivity index (χ4v) is 7.10. The van der Waals surface area contributed by atoms with Crippen molar-refractivity contribution in [3.05, 3.63) is 41.0 Å². The molecule has 0 saturated carbocycles. The third-order valence-corrected chi connectivity index (χ3v) is 10.4. The minimum Gasteiger partial charge on any atom is -0.391 e. The lowest BCUT2D eigenvalue weighted by Gasteiger charge is -2.35. The second-order valence-electron chi connectivity index (χ2n) is 14.8. The number of piperazine rings is 1. The Balaban J connectivity index is 0.00000561. The molecular formula is C39H64Cl2N6O9S. The Hall–Kier alpha value is -2.48. The van der Waals surface area contributed by atoms with E-state index in [2.05, 4.69) is 25.8 Å². The van der Waals surface area contributed by atoms with E-state index in [0.717, 1.165) is 54.4 Å².